The molecule has 0 radical (unpaired) electrons. The first-order valence-corrected chi connectivity index (χ1v) is 7.79. The third kappa shape index (κ3) is 2.51. The zero-order valence-electron chi connectivity index (χ0n) is 11.7. The third-order valence-corrected chi connectivity index (χ3v) is 4.42. The molecular formula is C16H21ClN2. The molecule has 0 bridgehead atoms. The molecule has 1 saturated carbocycles. The number of aryl methyl sites for hydroxylation is 1. The molecule has 0 saturated heterocycles. The van der Waals surface area contributed by atoms with Crippen molar-refractivity contribution in [3.05, 3.63) is 29.6 Å². The second-order valence-electron chi connectivity index (χ2n) is 5.76. The van der Waals surface area contributed by atoms with Crippen LogP contribution >= 0.6 is 11.6 Å². The van der Waals surface area contributed by atoms with E-state index < -0.39 is 0 Å². The molecular weight excluding hydrogens is 256 g/mol. The number of imidazole rings is 1. The van der Waals surface area contributed by atoms with Gasteiger partial charge in [-0.05, 0) is 43.4 Å². The predicted octanol–water partition coefficient (Wildman–Crippen LogP) is 4.83. The molecule has 0 spiro atoms. The van der Waals surface area contributed by atoms with Crippen LogP contribution in [0.4, 0.5) is 0 Å². The summed E-state index contributed by atoms with van der Waals surface area (Å²) in [5, 5.41) is 0. The van der Waals surface area contributed by atoms with Gasteiger partial charge in [0.2, 0.25) is 0 Å². The summed E-state index contributed by atoms with van der Waals surface area (Å²) in [6, 6.07) is 7.03. The number of benzene rings is 1. The van der Waals surface area contributed by atoms with Gasteiger partial charge in [-0.2, -0.15) is 0 Å². The van der Waals surface area contributed by atoms with Crippen molar-refractivity contribution in [3.8, 4) is 0 Å². The van der Waals surface area contributed by atoms with Crippen molar-refractivity contribution in [3.63, 3.8) is 0 Å². The number of hydrogen-bond donors (Lipinski definition) is 0. The van der Waals surface area contributed by atoms with Crippen molar-refractivity contribution in [2.75, 3.05) is 0 Å². The summed E-state index contributed by atoms with van der Waals surface area (Å²) in [5.74, 6) is 2.44. The first-order chi connectivity index (χ1) is 9.22. The Morgan fingerprint density at radius 1 is 1.42 bits per heavy atom. The summed E-state index contributed by atoms with van der Waals surface area (Å²) in [6.07, 6.45) is 5.23. The topological polar surface area (TPSA) is 17.8 Å². The standard InChI is InChI=1S/C16H21ClN2/c1-3-13(9-12-5-6-12)19-15-8-11(2)4-7-14(15)18-16(19)10-17/h4,7-8,12-13H,3,5-6,9-10H2,1-2H3. The van der Waals surface area contributed by atoms with E-state index in [2.05, 4.69) is 36.6 Å². The van der Waals surface area contributed by atoms with Crippen LogP contribution in [0.3, 0.4) is 0 Å². The van der Waals surface area contributed by atoms with Crippen LogP contribution in [0.25, 0.3) is 11.0 Å². The molecule has 19 heavy (non-hydrogen) atoms. The van der Waals surface area contributed by atoms with E-state index >= 15 is 0 Å². The van der Waals surface area contributed by atoms with Gasteiger partial charge in [-0.1, -0.05) is 25.8 Å². The van der Waals surface area contributed by atoms with E-state index in [0.29, 0.717) is 11.9 Å². The second-order valence-corrected chi connectivity index (χ2v) is 6.03. The van der Waals surface area contributed by atoms with Crippen LogP contribution in [0, 0.1) is 12.8 Å². The largest absolute Gasteiger partial charge is 0.324 e. The van der Waals surface area contributed by atoms with Gasteiger partial charge in [0, 0.05) is 6.04 Å². The molecule has 2 aromatic rings. The van der Waals surface area contributed by atoms with Crippen LogP contribution in [0.2, 0.25) is 0 Å². The number of alkyl halides is 1. The Bertz CT molecular complexity index is 584. The molecule has 0 N–H and O–H groups in total. The summed E-state index contributed by atoms with van der Waals surface area (Å²) >= 11 is 6.11. The van der Waals surface area contributed by atoms with Crippen LogP contribution in [0.15, 0.2) is 18.2 Å². The number of hydrogen-bond acceptors (Lipinski definition) is 1. The zero-order valence-corrected chi connectivity index (χ0v) is 12.5. The second kappa shape index (κ2) is 5.16. The fraction of sp³-hybridized carbons (Fsp3) is 0.562. The van der Waals surface area contributed by atoms with Crippen molar-refractivity contribution in [1.82, 2.24) is 9.55 Å². The molecule has 0 aliphatic heterocycles. The predicted molar refractivity (Wildman–Crippen MR) is 80.7 cm³/mol. The van der Waals surface area contributed by atoms with Gasteiger partial charge in [-0.3, -0.25) is 0 Å². The highest BCUT2D eigenvalue weighted by molar-refractivity contribution is 6.16. The number of rotatable bonds is 5. The molecule has 2 nitrogen and oxygen atoms in total. The molecule has 3 heteroatoms. The smallest absolute Gasteiger partial charge is 0.125 e. The number of fused-ring (bicyclic) bond motifs is 1. The lowest BCUT2D eigenvalue weighted by Crippen LogP contribution is -2.12. The highest BCUT2D eigenvalue weighted by atomic mass is 35.5. The lowest BCUT2D eigenvalue weighted by atomic mass is 10.1. The maximum absolute atomic E-state index is 6.11. The van der Waals surface area contributed by atoms with E-state index in [1.807, 2.05) is 0 Å². The van der Waals surface area contributed by atoms with Gasteiger partial charge in [0.1, 0.15) is 5.82 Å². The van der Waals surface area contributed by atoms with Gasteiger partial charge < -0.3 is 4.57 Å². The first-order valence-electron chi connectivity index (χ1n) is 7.26. The molecule has 0 amide bonds. The fourth-order valence-electron chi connectivity index (χ4n) is 2.95. The van der Waals surface area contributed by atoms with Crippen LogP contribution in [-0.4, -0.2) is 9.55 Å². The van der Waals surface area contributed by atoms with Crippen LogP contribution in [0.1, 0.15) is 50.0 Å². The summed E-state index contributed by atoms with van der Waals surface area (Å²) in [5.41, 5.74) is 3.62. The molecule has 1 unspecified atom stereocenters. The lowest BCUT2D eigenvalue weighted by Gasteiger charge is -2.20. The molecule has 1 fully saturated rings. The lowest BCUT2D eigenvalue weighted by molar-refractivity contribution is 0.429. The maximum Gasteiger partial charge on any atom is 0.125 e. The Hall–Kier alpha value is -1.02. The first kappa shape index (κ1) is 13.0. The Morgan fingerprint density at radius 2 is 2.21 bits per heavy atom. The minimum Gasteiger partial charge on any atom is -0.324 e. The van der Waals surface area contributed by atoms with E-state index in [0.717, 1.165) is 23.7 Å². The van der Waals surface area contributed by atoms with E-state index in [9.17, 15) is 0 Å². The number of aromatic nitrogens is 2. The minimum absolute atomic E-state index is 0.495. The minimum atomic E-state index is 0.495. The van der Waals surface area contributed by atoms with Crippen LogP contribution < -0.4 is 0 Å². The van der Waals surface area contributed by atoms with Crippen molar-refractivity contribution in [2.45, 2.75) is 51.5 Å². The molecule has 3 rings (SSSR count). The Labute approximate surface area is 119 Å². The van der Waals surface area contributed by atoms with Crippen LogP contribution in [-0.2, 0) is 5.88 Å². The average molecular weight is 277 g/mol. The van der Waals surface area contributed by atoms with Gasteiger partial charge >= 0.3 is 0 Å². The molecule has 1 aliphatic carbocycles. The van der Waals surface area contributed by atoms with Crippen LogP contribution in [0.5, 0.6) is 0 Å². The number of nitrogens with zero attached hydrogens (tertiary/aromatic N) is 2. The Kier molecular flexibility index (Phi) is 3.53. The maximum atomic E-state index is 6.11. The molecule has 1 atom stereocenters. The van der Waals surface area contributed by atoms with Crippen molar-refractivity contribution >= 4 is 22.6 Å². The van der Waals surface area contributed by atoms with Crippen molar-refractivity contribution < 1.29 is 0 Å². The average Bonchev–Trinajstić information content (AvgIpc) is 3.16. The summed E-state index contributed by atoms with van der Waals surface area (Å²) < 4.78 is 2.40. The van der Waals surface area contributed by atoms with E-state index in [1.54, 1.807) is 0 Å². The zero-order chi connectivity index (χ0) is 13.4. The fourth-order valence-corrected chi connectivity index (χ4v) is 3.14. The van der Waals surface area contributed by atoms with Gasteiger partial charge in [0.15, 0.2) is 0 Å². The molecule has 1 aromatic heterocycles. The summed E-state index contributed by atoms with van der Waals surface area (Å²) in [7, 11) is 0. The molecule has 1 aliphatic rings. The third-order valence-electron chi connectivity index (χ3n) is 4.18. The van der Waals surface area contributed by atoms with Gasteiger partial charge in [-0.15, -0.1) is 11.6 Å². The Morgan fingerprint density at radius 3 is 2.84 bits per heavy atom. The van der Waals surface area contributed by atoms with E-state index in [-0.39, 0.29) is 0 Å². The van der Waals surface area contributed by atoms with Gasteiger partial charge in [0.05, 0.1) is 16.9 Å². The monoisotopic (exact) mass is 276 g/mol. The van der Waals surface area contributed by atoms with E-state index in [4.69, 9.17) is 16.6 Å². The molecule has 102 valence electrons. The summed E-state index contributed by atoms with van der Waals surface area (Å²) in [4.78, 5) is 4.70. The van der Waals surface area contributed by atoms with E-state index in [1.165, 1.54) is 30.3 Å². The Balaban J connectivity index is 2.09. The van der Waals surface area contributed by atoms with Crippen molar-refractivity contribution in [2.24, 2.45) is 5.92 Å². The summed E-state index contributed by atoms with van der Waals surface area (Å²) in [6.45, 7) is 4.41. The SMILES string of the molecule is CCC(CC1CC1)n1c(CCl)nc2ccc(C)cc21. The van der Waals surface area contributed by atoms with Gasteiger partial charge in [-0.25, -0.2) is 4.98 Å². The molecule has 1 heterocycles. The highest BCUT2D eigenvalue weighted by Crippen LogP contribution is 2.39. The quantitative estimate of drug-likeness (QED) is 0.715. The van der Waals surface area contributed by atoms with Crippen molar-refractivity contribution in [1.29, 1.82) is 0 Å². The number of halogens is 1. The normalized spacial score (nSPS) is 17.0. The van der Waals surface area contributed by atoms with Gasteiger partial charge in [0.25, 0.3) is 0 Å². The molecule has 1 aromatic carbocycles. The highest BCUT2D eigenvalue weighted by Gasteiger charge is 2.27.